The van der Waals surface area contributed by atoms with Gasteiger partial charge in [-0.2, -0.15) is 11.8 Å². The second kappa shape index (κ2) is 4.82. The van der Waals surface area contributed by atoms with E-state index in [0.717, 1.165) is 27.1 Å². The van der Waals surface area contributed by atoms with Gasteiger partial charge in [0.1, 0.15) is 0 Å². The molecule has 1 fully saturated rings. The lowest BCUT2D eigenvalue weighted by Crippen LogP contribution is -2.19. The van der Waals surface area contributed by atoms with Crippen LogP contribution in [0.4, 0.5) is 5.95 Å². The first kappa shape index (κ1) is 11.3. The minimum Gasteiger partial charge on any atom is -0.351 e. The Labute approximate surface area is 113 Å². The van der Waals surface area contributed by atoms with Crippen molar-refractivity contribution in [2.45, 2.75) is 12.5 Å². The van der Waals surface area contributed by atoms with Crippen LogP contribution in [0.15, 0.2) is 28.9 Å². The summed E-state index contributed by atoms with van der Waals surface area (Å²) < 4.78 is 1.02. The highest BCUT2D eigenvalue weighted by molar-refractivity contribution is 9.10. The van der Waals surface area contributed by atoms with Crippen molar-refractivity contribution in [3.63, 3.8) is 0 Å². The van der Waals surface area contributed by atoms with Crippen LogP contribution in [-0.2, 0) is 0 Å². The van der Waals surface area contributed by atoms with E-state index in [9.17, 15) is 0 Å². The zero-order chi connectivity index (χ0) is 11.7. The summed E-state index contributed by atoms with van der Waals surface area (Å²) >= 11 is 5.50. The smallest absolute Gasteiger partial charge is 0.223 e. The Morgan fingerprint density at radius 3 is 3.18 bits per heavy atom. The third-order valence-electron chi connectivity index (χ3n) is 2.82. The molecule has 1 aliphatic rings. The Morgan fingerprint density at radius 1 is 1.41 bits per heavy atom. The molecule has 1 N–H and O–H groups in total. The van der Waals surface area contributed by atoms with Gasteiger partial charge in [-0.25, -0.2) is 9.97 Å². The number of para-hydroxylation sites is 1. The minimum atomic E-state index is 0.514. The van der Waals surface area contributed by atoms with Gasteiger partial charge in [-0.1, -0.05) is 12.1 Å². The van der Waals surface area contributed by atoms with Crippen LogP contribution in [0.2, 0.25) is 0 Å². The molecule has 0 bridgehead atoms. The van der Waals surface area contributed by atoms with E-state index in [2.05, 4.69) is 31.2 Å². The lowest BCUT2D eigenvalue weighted by Gasteiger charge is -2.11. The topological polar surface area (TPSA) is 37.8 Å². The van der Waals surface area contributed by atoms with Crippen molar-refractivity contribution in [2.24, 2.45) is 0 Å². The fourth-order valence-electron chi connectivity index (χ4n) is 1.92. The van der Waals surface area contributed by atoms with Crippen molar-refractivity contribution >= 4 is 44.5 Å². The number of fused-ring (bicyclic) bond motifs is 1. The summed E-state index contributed by atoms with van der Waals surface area (Å²) in [5, 5.41) is 4.46. The first-order chi connectivity index (χ1) is 8.33. The van der Waals surface area contributed by atoms with Gasteiger partial charge in [0.25, 0.3) is 0 Å². The Bertz CT molecular complexity index is 540. The maximum Gasteiger partial charge on any atom is 0.223 e. The molecule has 2 heterocycles. The lowest BCUT2D eigenvalue weighted by atomic mass is 10.2. The number of anilines is 1. The summed E-state index contributed by atoms with van der Waals surface area (Å²) in [6, 6.07) is 6.54. The van der Waals surface area contributed by atoms with Gasteiger partial charge in [0.15, 0.2) is 0 Å². The van der Waals surface area contributed by atoms with E-state index in [1.807, 2.05) is 36.2 Å². The third-order valence-corrected chi connectivity index (χ3v) is 4.63. The van der Waals surface area contributed by atoms with Crippen LogP contribution in [0.3, 0.4) is 0 Å². The van der Waals surface area contributed by atoms with Gasteiger partial charge in [0.05, 0.1) is 5.52 Å². The molecular formula is C12H12BrN3S. The van der Waals surface area contributed by atoms with Crippen LogP contribution in [0.1, 0.15) is 6.42 Å². The Kier molecular flexibility index (Phi) is 3.20. The molecule has 0 radical (unpaired) electrons. The van der Waals surface area contributed by atoms with E-state index in [1.165, 1.54) is 12.2 Å². The van der Waals surface area contributed by atoms with Gasteiger partial charge in [-0.05, 0) is 34.2 Å². The number of nitrogens with one attached hydrogen (secondary N) is 1. The predicted molar refractivity (Wildman–Crippen MR) is 76.6 cm³/mol. The highest BCUT2D eigenvalue weighted by atomic mass is 79.9. The molecule has 88 valence electrons. The first-order valence-corrected chi connectivity index (χ1v) is 7.53. The molecule has 0 aliphatic carbocycles. The normalized spacial score (nSPS) is 19.7. The van der Waals surface area contributed by atoms with Crippen molar-refractivity contribution in [3.8, 4) is 0 Å². The average molecular weight is 310 g/mol. The summed E-state index contributed by atoms with van der Waals surface area (Å²) in [7, 11) is 0. The monoisotopic (exact) mass is 309 g/mol. The number of hydrogen-bond donors (Lipinski definition) is 1. The summed E-state index contributed by atoms with van der Waals surface area (Å²) in [5.74, 6) is 3.11. The van der Waals surface area contributed by atoms with Crippen molar-refractivity contribution in [3.05, 3.63) is 28.9 Å². The second-order valence-electron chi connectivity index (χ2n) is 4.08. The second-order valence-corrected chi connectivity index (χ2v) is 6.08. The maximum absolute atomic E-state index is 4.56. The Morgan fingerprint density at radius 2 is 2.35 bits per heavy atom. The highest BCUT2D eigenvalue weighted by Gasteiger charge is 2.16. The molecule has 1 unspecified atom stereocenters. The zero-order valence-electron chi connectivity index (χ0n) is 9.19. The summed E-state index contributed by atoms with van der Waals surface area (Å²) in [5.41, 5.74) is 0.968. The molecule has 3 rings (SSSR count). The van der Waals surface area contributed by atoms with Crippen molar-refractivity contribution in [1.29, 1.82) is 0 Å². The third kappa shape index (κ3) is 2.40. The fourth-order valence-corrected chi connectivity index (χ4v) is 3.54. The van der Waals surface area contributed by atoms with Crippen molar-refractivity contribution in [1.82, 2.24) is 9.97 Å². The van der Waals surface area contributed by atoms with Gasteiger partial charge in [0.2, 0.25) is 5.95 Å². The number of nitrogens with zero attached hydrogens (tertiary/aromatic N) is 2. The van der Waals surface area contributed by atoms with Crippen LogP contribution in [0.5, 0.6) is 0 Å². The molecule has 1 aromatic carbocycles. The molecule has 0 amide bonds. The Hall–Kier alpha value is -0.810. The van der Waals surface area contributed by atoms with Crippen LogP contribution in [-0.4, -0.2) is 27.5 Å². The zero-order valence-corrected chi connectivity index (χ0v) is 11.6. The van der Waals surface area contributed by atoms with Gasteiger partial charge < -0.3 is 5.32 Å². The van der Waals surface area contributed by atoms with E-state index in [1.54, 1.807) is 0 Å². The average Bonchev–Trinajstić information content (AvgIpc) is 2.83. The van der Waals surface area contributed by atoms with Gasteiger partial charge in [-0.15, -0.1) is 0 Å². The Balaban J connectivity index is 1.92. The number of rotatable bonds is 2. The molecule has 1 aromatic heterocycles. The van der Waals surface area contributed by atoms with E-state index in [4.69, 9.17) is 0 Å². The number of halogens is 1. The van der Waals surface area contributed by atoms with Crippen LogP contribution in [0.25, 0.3) is 10.9 Å². The molecule has 1 saturated heterocycles. The van der Waals surface area contributed by atoms with Crippen molar-refractivity contribution < 1.29 is 0 Å². The largest absolute Gasteiger partial charge is 0.351 e. The first-order valence-electron chi connectivity index (χ1n) is 5.58. The van der Waals surface area contributed by atoms with Crippen LogP contribution < -0.4 is 5.32 Å². The molecule has 1 aliphatic heterocycles. The van der Waals surface area contributed by atoms with E-state index >= 15 is 0 Å². The quantitative estimate of drug-likeness (QED) is 0.923. The SMILES string of the molecule is Brc1cccc2cnc(NC3CCSC3)nc12. The lowest BCUT2D eigenvalue weighted by molar-refractivity contribution is 0.800. The van der Waals surface area contributed by atoms with Crippen molar-refractivity contribution in [2.75, 3.05) is 16.8 Å². The molecule has 2 aromatic rings. The highest BCUT2D eigenvalue weighted by Crippen LogP contribution is 2.24. The number of aromatic nitrogens is 2. The maximum atomic E-state index is 4.56. The predicted octanol–water partition coefficient (Wildman–Crippen LogP) is 3.31. The molecule has 3 nitrogen and oxygen atoms in total. The summed E-state index contributed by atoms with van der Waals surface area (Å²) in [6.07, 6.45) is 3.07. The fraction of sp³-hybridized carbons (Fsp3) is 0.333. The number of thioether (sulfide) groups is 1. The number of benzene rings is 1. The van der Waals surface area contributed by atoms with Crippen LogP contribution in [0, 0.1) is 0 Å². The van der Waals surface area contributed by atoms with Gasteiger partial charge in [0, 0.05) is 27.9 Å². The summed E-state index contributed by atoms with van der Waals surface area (Å²) in [6.45, 7) is 0. The van der Waals surface area contributed by atoms with Crippen LogP contribution >= 0.6 is 27.7 Å². The van der Waals surface area contributed by atoms with E-state index < -0.39 is 0 Å². The number of hydrogen-bond acceptors (Lipinski definition) is 4. The van der Waals surface area contributed by atoms with Gasteiger partial charge in [-0.3, -0.25) is 0 Å². The molecular weight excluding hydrogens is 298 g/mol. The standard InChI is InChI=1S/C12H12BrN3S/c13-10-3-1-2-8-6-14-12(16-11(8)10)15-9-4-5-17-7-9/h1-3,6,9H,4-5,7H2,(H,14,15,16). The molecule has 0 saturated carbocycles. The molecule has 1 atom stereocenters. The summed E-state index contributed by atoms with van der Waals surface area (Å²) in [4.78, 5) is 8.92. The minimum absolute atomic E-state index is 0.514. The molecule has 17 heavy (non-hydrogen) atoms. The van der Waals surface area contributed by atoms with Gasteiger partial charge >= 0.3 is 0 Å². The molecule has 0 spiro atoms. The van der Waals surface area contributed by atoms with E-state index in [-0.39, 0.29) is 0 Å². The van der Waals surface area contributed by atoms with E-state index in [0.29, 0.717) is 6.04 Å². The molecule has 5 heteroatoms.